The highest BCUT2D eigenvalue weighted by molar-refractivity contribution is 7.89. The van der Waals surface area contributed by atoms with Crippen LogP contribution < -0.4 is 5.32 Å². The minimum atomic E-state index is -3.41. The first kappa shape index (κ1) is 22.1. The van der Waals surface area contributed by atoms with E-state index >= 15 is 0 Å². The molecular weight excluding hydrogens is 388 g/mol. The van der Waals surface area contributed by atoms with E-state index < -0.39 is 10.0 Å². The Morgan fingerprint density at radius 3 is 2.72 bits per heavy atom. The molecule has 0 aromatic heterocycles. The van der Waals surface area contributed by atoms with E-state index in [4.69, 9.17) is 4.74 Å². The Hall–Kier alpha value is -1.64. The average molecular weight is 423 g/mol. The van der Waals surface area contributed by atoms with Crippen molar-refractivity contribution in [2.24, 2.45) is 10.9 Å². The maximum absolute atomic E-state index is 12.9. The van der Waals surface area contributed by atoms with E-state index in [9.17, 15) is 8.42 Å². The number of likely N-dealkylation sites (N-methyl/N-ethyl adjacent to an activating group) is 1. The molecule has 1 heterocycles. The van der Waals surface area contributed by atoms with Gasteiger partial charge in [-0.1, -0.05) is 18.6 Å². The van der Waals surface area contributed by atoms with Gasteiger partial charge in [-0.15, -0.1) is 0 Å². The zero-order chi connectivity index (χ0) is 20.7. The van der Waals surface area contributed by atoms with Gasteiger partial charge in [0.25, 0.3) is 0 Å². The van der Waals surface area contributed by atoms with Gasteiger partial charge in [-0.3, -0.25) is 4.99 Å². The molecule has 1 saturated heterocycles. The summed E-state index contributed by atoms with van der Waals surface area (Å²) >= 11 is 0. The van der Waals surface area contributed by atoms with Gasteiger partial charge in [-0.2, -0.15) is 4.31 Å². The first-order chi connectivity index (χ1) is 14.0. The van der Waals surface area contributed by atoms with Crippen molar-refractivity contribution in [3.63, 3.8) is 0 Å². The lowest BCUT2D eigenvalue weighted by atomic mass is 10.2. The summed E-state index contributed by atoms with van der Waals surface area (Å²) in [5, 5.41) is 3.32. The first-order valence-corrected chi connectivity index (χ1v) is 12.0. The van der Waals surface area contributed by atoms with E-state index in [2.05, 4.69) is 10.3 Å². The summed E-state index contributed by atoms with van der Waals surface area (Å²) in [6.07, 6.45) is 5.58. The van der Waals surface area contributed by atoms with Crippen molar-refractivity contribution in [2.75, 3.05) is 46.9 Å². The molecule has 0 unspecified atom stereocenters. The second kappa shape index (κ2) is 10.4. The first-order valence-electron chi connectivity index (χ1n) is 10.6. The molecule has 1 aromatic rings. The number of nitrogens with one attached hydrogen (secondary N) is 1. The summed E-state index contributed by atoms with van der Waals surface area (Å²) in [7, 11) is 0.317. The third-order valence-electron chi connectivity index (χ3n) is 5.50. The number of ether oxygens (including phenoxy) is 1. The third-order valence-corrected chi connectivity index (χ3v) is 7.39. The van der Waals surface area contributed by atoms with Gasteiger partial charge >= 0.3 is 0 Å². The number of piperidine rings is 1. The lowest BCUT2D eigenvalue weighted by molar-refractivity contribution is 0.115. The number of benzene rings is 1. The van der Waals surface area contributed by atoms with Crippen LogP contribution in [0.15, 0.2) is 34.2 Å². The standard InChI is InChI=1S/C21H34N4O3S/c1-22-21(24(2)13-14-28-17-18-9-10-18)23-16-19-7-6-8-20(15-19)29(26,27)25-11-4-3-5-12-25/h6-8,15,18H,3-5,9-14,16-17H2,1-2H3,(H,22,23). The predicted octanol–water partition coefficient (Wildman–Crippen LogP) is 2.29. The minimum Gasteiger partial charge on any atom is -0.379 e. The quantitative estimate of drug-likeness (QED) is 0.375. The zero-order valence-electron chi connectivity index (χ0n) is 17.6. The third kappa shape index (κ3) is 6.42. The van der Waals surface area contributed by atoms with Crippen molar-refractivity contribution in [2.45, 2.75) is 43.5 Å². The van der Waals surface area contributed by atoms with Gasteiger partial charge in [0.15, 0.2) is 5.96 Å². The summed E-state index contributed by atoms with van der Waals surface area (Å²) in [6.45, 7) is 4.05. The van der Waals surface area contributed by atoms with Crippen LogP contribution in [0.25, 0.3) is 0 Å². The topological polar surface area (TPSA) is 74.2 Å². The summed E-state index contributed by atoms with van der Waals surface area (Å²) in [6, 6.07) is 7.20. The van der Waals surface area contributed by atoms with Crippen molar-refractivity contribution >= 4 is 16.0 Å². The molecule has 0 spiro atoms. The van der Waals surface area contributed by atoms with Crippen LogP contribution in [0.5, 0.6) is 0 Å². The van der Waals surface area contributed by atoms with Crippen LogP contribution in [0.2, 0.25) is 0 Å². The number of sulfonamides is 1. The molecule has 1 aliphatic carbocycles. The fourth-order valence-electron chi connectivity index (χ4n) is 3.48. The molecule has 2 fully saturated rings. The highest BCUT2D eigenvalue weighted by atomic mass is 32.2. The van der Waals surface area contributed by atoms with E-state index in [1.807, 2.05) is 24.1 Å². The predicted molar refractivity (Wildman–Crippen MR) is 115 cm³/mol. The summed E-state index contributed by atoms with van der Waals surface area (Å²) in [5.74, 6) is 1.54. The van der Waals surface area contributed by atoms with Crippen LogP contribution in [-0.4, -0.2) is 70.5 Å². The molecule has 0 amide bonds. The molecule has 1 aromatic carbocycles. The van der Waals surface area contributed by atoms with Crippen LogP contribution >= 0.6 is 0 Å². The fourth-order valence-corrected chi connectivity index (χ4v) is 5.07. The van der Waals surface area contributed by atoms with Gasteiger partial charge in [0, 0.05) is 46.9 Å². The SMILES string of the molecule is CN=C(NCc1cccc(S(=O)(=O)N2CCCCC2)c1)N(C)CCOCC1CC1. The van der Waals surface area contributed by atoms with E-state index in [0.29, 0.717) is 31.1 Å². The average Bonchev–Trinajstić information content (AvgIpc) is 3.57. The molecular formula is C21H34N4O3S. The maximum atomic E-state index is 12.9. The van der Waals surface area contributed by atoms with E-state index in [1.54, 1.807) is 23.5 Å². The van der Waals surface area contributed by atoms with Crippen molar-refractivity contribution in [3.8, 4) is 0 Å². The Morgan fingerprint density at radius 1 is 1.28 bits per heavy atom. The molecule has 8 heteroatoms. The monoisotopic (exact) mass is 422 g/mol. The normalized spacial score (nSPS) is 18.6. The van der Waals surface area contributed by atoms with Gasteiger partial charge in [-0.05, 0) is 49.3 Å². The second-order valence-electron chi connectivity index (χ2n) is 7.95. The molecule has 1 aliphatic heterocycles. The summed E-state index contributed by atoms with van der Waals surface area (Å²) < 4.78 is 33.1. The van der Waals surface area contributed by atoms with Gasteiger partial charge in [-0.25, -0.2) is 8.42 Å². The maximum Gasteiger partial charge on any atom is 0.243 e. The summed E-state index contributed by atoms with van der Waals surface area (Å²) in [5.41, 5.74) is 0.919. The molecule has 0 bridgehead atoms. The van der Waals surface area contributed by atoms with E-state index in [-0.39, 0.29) is 0 Å². The fraction of sp³-hybridized carbons (Fsp3) is 0.667. The van der Waals surface area contributed by atoms with Crippen molar-refractivity contribution in [3.05, 3.63) is 29.8 Å². The lowest BCUT2D eigenvalue weighted by Gasteiger charge is -2.26. The molecule has 162 valence electrons. The van der Waals surface area contributed by atoms with Gasteiger partial charge < -0.3 is 15.0 Å². The van der Waals surface area contributed by atoms with E-state index in [0.717, 1.165) is 49.9 Å². The highest BCUT2D eigenvalue weighted by Gasteiger charge is 2.26. The second-order valence-corrected chi connectivity index (χ2v) is 9.89. The van der Waals surface area contributed by atoms with Gasteiger partial charge in [0.2, 0.25) is 10.0 Å². The van der Waals surface area contributed by atoms with Crippen molar-refractivity contribution in [1.82, 2.24) is 14.5 Å². The number of hydrogen-bond acceptors (Lipinski definition) is 4. The Kier molecular flexibility index (Phi) is 7.91. The van der Waals surface area contributed by atoms with E-state index in [1.165, 1.54) is 12.8 Å². The van der Waals surface area contributed by atoms with Crippen LogP contribution in [0.4, 0.5) is 0 Å². The van der Waals surface area contributed by atoms with Crippen LogP contribution in [-0.2, 0) is 21.3 Å². The van der Waals surface area contributed by atoms with Gasteiger partial charge in [0.1, 0.15) is 0 Å². The molecule has 3 rings (SSSR count). The van der Waals surface area contributed by atoms with Crippen molar-refractivity contribution < 1.29 is 13.2 Å². The Morgan fingerprint density at radius 2 is 2.03 bits per heavy atom. The number of aliphatic imine (C=N–C) groups is 1. The largest absolute Gasteiger partial charge is 0.379 e. The number of hydrogen-bond donors (Lipinski definition) is 1. The van der Waals surface area contributed by atoms with Crippen LogP contribution in [0, 0.1) is 5.92 Å². The molecule has 7 nitrogen and oxygen atoms in total. The molecule has 2 aliphatic rings. The van der Waals surface area contributed by atoms with Crippen LogP contribution in [0.3, 0.4) is 0 Å². The van der Waals surface area contributed by atoms with Gasteiger partial charge in [0.05, 0.1) is 11.5 Å². The number of rotatable bonds is 9. The smallest absolute Gasteiger partial charge is 0.243 e. The Labute approximate surface area is 175 Å². The minimum absolute atomic E-state index is 0.371. The Balaban J connectivity index is 1.53. The molecule has 0 radical (unpaired) electrons. The zero-order valence-corrected chi connectivity index (χ0v) is 18.5. The molecule has 1 N–H and O–H groups in total. The Bertz CT molecular complexity index is 787. The molecule has 0 atom stereocenters. The number of guanidine groups is 1. The highest BCUT2D eigenvalue weighted by Crippen LogP contribution is 2.28. The van der Waals surface area contributed by atoms with Crippen LogP contribution in [0.1, 0.15) is 37.7 Å². The molecule has 1 saturated carbocycles. The summed E-state index contributed by atoms with van der Waals surface area (Å²) in [4.78, 5) is 6.72. The lowest BCUT2D eigenvalue weighted by Crippen LogP contribution is -2.40. The van der Waals surface area contributed by atoms with Crippen molar-refractivity contribution in [1.29, 1.82) is 0 Å². The molecule has 29 heavy (non-hydrogen) atoms. The number of nitrogens with zero attached hydrogens (tertiary/aromatic N) is 3.